The van der Waals surface area contributed by atoms with Crippen molar-refractivity contribution in [2.75, 3.05) is 51.1 Å². The molecule has 4 amide bonds. The van der Waals surface area contributed by atoms with Crippen molar-refractivity contribution in [3.05, 3.63) is 52.0 Å². The second-order valence-electron chi connectivity index (χ2n) is 13.4. The number of nitrogens with zero attached hydrogens (tertiary/aromatic N) is 4. The van der Waals surface area contributed by atoms with Gasteiger partial charge in [-0.2, -0.15) is 0 Å². The van der Waals surface area contributed by atoms with Gasteiger partial charge in [0.05, 0.1) is 10.6 Å². The number of nitrogens with one attached hydrogen (secondary N) is 1. The molecule has 0 aliphatic carbocycles. The van der Waals surface area contributed by atoms with Crippen LogP contribution in [0.5, 0.6) is 5.75 Å². The number of hydrogen-bond acceptors (Lipinski definition) is 7. The summed E-state index contributed by atoms with van der Waals surface area (Å²) >= 11 is 3.40. The van der Waals surface area contributed by atoms with Crippen LogP contribution in [-0.2, 0) is 22.4 Å². The van der Waals surface area contributed by atoms with Crippen LogP contribution in [0.25, 0.3) is 0 Å². The zero-order valence-corrected chi connectivity index (χ0v) is 28.7. The Morgan fingerprint density at radius 1 is 0.979 bits per heavy atom. The number of aliphatic hydroxyl groups is 1. The lowest BCUT2D eigenvalue weighted by atomic mass is 9.91. The third-order valence-electron chi connectivity index (χ3n) is 10.3. The Labute approximate surface area is 285 Å². The number of carbonyl (C=O) groups excluding carboxylic acids is 3. The first-order valence-corrected chi connectivity index (χ1v) is 17.8. The Kier molecular flexibility index (Phi) is 10.6. The number of benzene rings is 2. The summed E-state index contributed by atoms with van der Waals surface area (Å²) < 4.78 is 6.55. The third kappa shape index (κ3) is 7.89. The van der Waals surface area contributed by atoms with E-state index >= 15 is 0 Å². The van der Waals surface area contributed by atoms with Gasteiger partial charge in [0, 0.05) is 63.5 Å². The first-order chi connectivity index (χ1) is 22.7. The number of likely N-dealkylation sites (tertiary alicyclic amines) is 3. The molecule has 0 spiro atoms. The second kappa shape index (κ2) is 14.9. The van der Waals surface area contributed by atoms with E-state index < -0.39 is 12.2 Å². The van der Waals surface area contributed by atoms with Crippen LogP contribution < -0.4 is 10.8 Å². The lowest BCUT2D eigenvalue weighted by Crippen LogP contribution is -2.53. The highest BCUT2D eigenvalue weighted by Gasteiger charge is 2.36. The number of phenols is 1. The number of β-amino-alcohol motifs (C(OH)–C–C–N with tert-alkyl or cyclic N) is 1. The number of fused-ring (bicyclic) bond motifs is 1. The topological polar surface area (TPSA) is 126 Å². The third-order valence-corrected chi connectivity index (χ3v) is 10.9. The van der Waals surface area contributed by atoms with Crippen LogP contribution in [0.2, 0.25) is 0 Å². The van der Waals surface area contributed by atoms with E-state index in [9.17, 15) is 24.6 Å². The number of hydrogen-bond donors (Lipinski definition) is 3. The van der Waals surface area contributed by atoms with Crippen molar-refractivity contribution in [1.82, 2.24) is 19.6 Å². The van der Waals surface area contributed by atoms with Crippen LogP contribution >= 0.6 is 15.9 Å². The van der Waals surface area contributed by atoms with Gasteiger partial charge in [0.2, 0.25) is 0 Å². The van der Waals surface area contributed by atoms with Crippen LogP contribution in [0.4, 0.5) is 15.3 Å². The molecule has 2 atom stereocenters. The Bertz CT molecular complexity index is 1440. The molecule has 47 heavy (non-hydrogen) atoms. The standard InChI is InChI=1S/C34H45BBrN5O6/c35-27-18-22(19-28(36)31(27)43)20-30(32(44)38-13-8-24(9-14-38)40-12-3-5-26(42)21-40)47-34(46)39-15-10-25(11-16-39)41-17-7-23-4-1-2-6-29(23)37-33(41)45/h1-2,4,6,18-19,24-26,30,42-43H,3,5,7-17,20-21,35H2,(H,37,45)/t26-,30-/m1/s1. The summed E-state index contributed by atoms with van der Waals surface area (Å²) in [6.07, 6.45) is 3.82. The van der Waals surface area contributed by atoms with E-state index in [4.69, 9.17) is 4.74 Å². The van der Waals surface area contributed by atoms with Gasteiger partial charge in [0.25, 0.3) is 5.91 Å². The normalized spacial score (nSPS) is 22.3. The van der Waals surface area contributed by atoms with Gasteiger partial charge in [0.15, 0.2) is 6.10 Å². The molecule has 0 saturated carbocycles. The van der Waals surface area contributed by atoms with Crippen LogP contribution in [-0.4, -0.2) is 126 Å². The number of phenolic OH excluding ortho intramolecular Hbond substituents is 1. The van der Waals surface area contributed by atoms with Crippen LogP contribution in [0.15, 0.2) is 40.9 Å². The fourth-order valence-electron chi connectivity index (χ4n) is 7.58. The molecule has 2 aromatic rings. The number of aromatic hydroxyl groups is 1. The molecule has 0 unspecified atom stereocenters. The van der Waals surface area contributed by atoms with Crippen molar-refractivity contribution < 1.29 is 29.3 Å². The summed E-state index contributed by atoms with van der Waals surface area (Å²) in [7, 11) is 1.79. The van der Waals surface area contributed by atoms with E-state index in [1.165, 1.54) is 0 Å². The molecule has 6 rings (SSSR count). The molecule has 0 bridgehead atoms. The Balaban J connectivity index is 1.09. The van der Waals surface area contributed by atoms with E-state index in [1.54, 1.807) is 23.7 Å². The van der Waals surface area contributed by atoms with Crippen molar-refractivity contribution in [3.63, 3.8) is 0 Å². The largest absolute Gasteiger partial charge is 0.507 e. The van der Waals surface area contributed by atoms with E-state index in [-0.39, 0.29) is 36.3 Å². The number of carbonyl (C=O) groups is 3. The summed E-state index contributed by atoms with van der Waals surface area (Å²) in [5.74, 6) is -0.0728. The molecule has 0 aromatic heterocycles. The van der Waals surface area contributed by atoms with Gasteiger partial charge < -0.3 is 35.0 Å². The monoisotopic (exact) mass is 709 g/mol. The molecule has 4 aliphatic rings. The van der Waals surface area contributed by atoms with E-state index in [1.807, 2.05) is 35.2 Å². The summed E-state index contributed by atoms with van der Waals surface area (Å²) in [5, 5.41) is 23.5. The average molecular weight is 710 g/mol. The quantitative estimate of drug-likeness (QED) is 0.394. The van der Waals surface area contributed by atoms with E-state index in [0.29, 0.717) is 68.1 Å². The van der Waals surface area contributed by atoms with Crippen LogP contribution in [0, 0.1) is 0 Å². The number of amides is 4. The number of ether oxygens (including phenoxy) is 1. The molecule has 4 heterocycles. The molecule has 4 aliphatic heterocycles. The summed E-state index contributed by atoms with van der Waals surface area (Å²) in [5.41, 5.74) is 3.41. The van der Waals surface area contributed by atoms with Gasteiger partial charge in [-0.3, -0.25) is 9.69 Å². The SMILES string of the molecule is Bc1cc(C[C@@H](OC(=O)N2CCC(N3CCc4ccccc4NC3=O)CC2)C(=O)N2CCC(N3CCC[C@@H](O)C3)CC2)cc(Br)c1O. The number of urea groups is 1. The molecule has 0 radical (unpaired) electrons. The Morgan fingerprint density at radius 2 is 1.68 bits per heavy atom. The van der Waals surface area contributed by atoms with Crippen LogP contribution in [0.3, 0.4) is 0 Å². The Hall–Kier alpha value is -3.29. The first kappa shape index (κ1) is 33.6. The van der Waals surface area contributed by atoms with Gasteiger partial charge in [-0.25, -0.2) is 9.59 Å². The second-order valence-corrected chi connectivity index (χ2v) is 14.3. The van der Waals surface area contributed by atoms with Gasteiger partial charge in [-0.1, -0.05) is 24.3 Å². The number of halogens is 1. The predicted octanol–water partition coefficient (Wildman–Crippen LogP) is 2.46. The summed E-state index contributed by atoms with van der Waals surface area (Å²) in [6, 6.07) is 11.7. The maximum atomic E-state index is 14.0. The molecule has 2 aromatic carbocycles. The maximum Gasteiger partial charge on any atom is 0.410 e. The number of rotatable bonds is 6. The fourth-order valence-corrected chi connectivity index (χ4v) is 8.19. The van der Waals surface area contributed by atoms with Gasteiger partial charge in [-0.05, 0) is 96.1 Å². The zero-order valence-electron chi connectivity index (χ0n) is 27.1. The van der Waals surface area contributed by atoms with Crippen molar-refractivity contribution in [2.24, 2.45) is 0 Å². The lowest BCUT2D eigenvalue weighted by molar-refractivity contribution is -0.142. The van der Waals surface area contributed by atoms with Crippen molar-refractivity contribution in [3.8, 4) is 5.75 Å². The lowest BCUT2D eigenvalue weighted by Gasteiger charge is -2.42. The summed E-state index contributed by atoms with van der Waals surface area (Å²) in [4.78, 5) is 48.3. The minimum atomic E-state index is -1.01. The highest BCUT2D eigenvalue weighted by molar-refractivity contribution is 9.10. The smallest absolute Gasteiger partial charge is 0.410 e. The molecular weight excluding hydrogens is 665 g/mol. The number of anilines is 1. The molecule has 13 heteroatoms. The first-order valence-electron chi connectivity index (χ1n) is 17.0. The molecule has 3 fully saturated rings. The molecular formula is C34H45BBrN5O6. The molecule has 252 valence electrons. The zero-order chi connectivity index (χ0) is 33.1. The predicted molar refractivity (Wildman–Crippen MR) is 185 cm³/mol. The van der Waals surface area contributed by atoms with Crippen molar-refractivity contribution in [2.45, 2.75) is 75.7 Å². The number of para-hydroxylation sites is 1. The van der Waals surface area contributed by atoms with Gasteiger partial charge >= 0.3 is 12.1 Å². The highest BCUT2D eigenvalue weighted by atomic mass is 79.9. The summed E-state index contributed by atoms with van der Waals surface area (Å²) in [6.45, 7) is 4.25. The molecule has 11 nitrogen and oxygen atoms in total. The van der Waals surface area contributed by atoms with Crippen LogP contribution in [0.1, 0.15) is 49.7 Å². The molecule has 3 saturated heterocycles. The van der Waals surface area contributed by atoms with E-state index in [0.717, 1.165) is 55.5 Å². The highest BCUT2D eigenvalue weighted by Crippen LogP contribution is 2.27. The van der Waals surface area contributed by atoms with Gasteiger partial charge in [0.1, 0.15) is 13.6 Å². The fraction of sp³-hybridized carbons (Fsp3) is 0.559. The Morgan fingerprint density at radius 3 is 2.40 bits per heavy atom. The van der Waals surface area contributed by atoms with Crippen molar-refractivity contribution >= 4 is 53.0 Å². The number of aliphatic hydroxyl groups excluding tert-OH is 1. The molecule has 3 N–H and O–H groups in total. The van der Waals surface area contributed by atoms with E-state index in [2.05, 4.69) is 26.1 Å². The minimum Gasteiger partial charge on any atom is -0.507 e. The van der Waals surface area contributed by atoms with Gasteiger partial charge in [-0.15, -0.1) is 0 Å². The minimum absolute atomic E-state index is 0.00502. The average Bonchev–Trinajstić information content (AvgIpc) is 3.24. The maximum absolute atomic E-state index is 14.0. The van der Waals surface area contributed by atoms with Crippen molar-refractivity contribution in [1.29, 1.82) is 0 Å². The number of piperidine rings is 3.